The molecule has 1 aliphatic carbocycles. The van der Waals surface area contributed by atoms with Crippen molar-refractivity contribution in [2.75, 3.05) is 0 Å². The Hall–Kier alpha value is -1.50. The van der Waals surface area contributed by atoms with Gasteiger partial charge in [0.2, 0.25) is 0 Å². The number of carbonyl (C=O) groups is 2. The zero-order valence-electron chi connectivity index (χ0n) is 9.24. The van der Waals surface area contributed by atoms with E-state index in [0.717, 1.165) is 17.7 Å². The van der Waals surface area contributed by atoms with E-state index >= 15 is 0 Å². The van der Waals surface area contributed by atoms with Gasteiger partial charge in [0.15, 0.2) is 0 Å². The zero-order chi connectivity index (χ0) is 11.6. The molecule has 0 atom stereocenters. The van der Waals surface area contributed by atoms with Gasteiger partial charge in [-0.2, -0.15) is 0 Å². The lowest BCUT2D eigenvalue weighted by molar-refractivity contribution is -0.124. The lowest BCUT2D eigenvalue weighted by Crippen LogP contribution is -2.41. The van der Waals surface area contributed by atoms with Crippen molar-refractivity contribution < 1.29 is 14.3 Å². The van der Waals surface area contributed by atoms with E-state index in [1.54, 1.807) is 20.8 Å². The molecule has 0 aliphatic heterocycles. The van der Waals surface area contributed by atoms with Gasteiger partial charge in [0.1, 0.15) is 5.60 Å². The molecule has 0 aromatic carbocycles. The molecule has 1 fully saturated rings. The van der Waals surface area contributed by atoms with Crippen LogP contribution in [-0.2, 0) is 9.53 Å². The molecule has 1 rings (SSSR count). The number of hydrogen-bond acceptors (Lipinski definition) is 3. The summed E-state index contributed by atoms with van der Waals surface area (Å²) in [6.45, 7) is 5.24. The predicted octanol–water partition coefficient (Wildman–Crippen LogP) is 1.55. The van der Waals surface area contributed by atoms with Crippen molar-refractivity contribution in [3.63, 3.8) is 0 Å². The maximum Gasteiger partial charge on any atom is 0.418 e. The van der Waals surface area contributed by atoms with Gasteiger partial charge in [-0.3, -0.25) is 4.79 Å². The minimum absolute atomic E-state index is 0.0663. The smallest absolute Gasteiger partial charge is 0.418 e. The molecule has 0 aromatic rings. The molecule has 0 heterocycles. The van der Waals surface area contributed by atoms with Crippen LogP contribution in [0.5, 0.6) is 0 Å². The normalized spacial score (nSPS) is 15.3. The molecule has 0 spiro atoms. The summed E-state index contributed by atoms with van der Waals surface area (Å²) in [5, 5.41) is 0. The van der Waals surface area contributed by atoms with Crippen molar-refractivity contribution in [1.29, 1.82) is 0 Å². The molecule has 2 amide bonds. The Morgan fingerprint density at radius 2 is 1.93 bits per heavy atom. The van der Waals surface area contributed by atoms with E-state index in [-0.39, 0.29) is 6.04 Å². The fourth-order valence-electron chi connectivity index (χ4n) is 1.11. The highest BCUT2D eigenvalue weighted by Crippen LogP contribution is 2.28. The largest absolute Gasteiger partial charge is 0.443 e. The van der Waals surface area contributed by atoms with E-state index in [0.29, 0.717) is 0 Å². The molecule has 82 valence electrons. The lowest BCUT2D eigenvalue weighted by atomic mass is 10.2. The monoisotopic (exact) mass is 209 g/mol. The topological polar surface area (TPSA) is 46.6 Å². The van der Waals surface area contributed by atoms with Crippen molar-refractivity contribution in [1.82, 2.24) is 4.90 Å². The van der Waals surface area contributed by atoms with E-state index < -0.39 is 17.6 Å². The first-order valence-corrected chi connectivity index (χ1v) is 4.88. The summed E-state index contributed by atoms with van der Waals surface area (Å²) in [6.07, 6.45) is 5.97. The standard InChI is InChI=1S/C11H15NO3/c1-5-9(13)12(8-6-7-8)10(14)15-11(2,3)4/h1,8H,6-7H2,2-4H3. The molecule has 0 saturated heterocycles. The zero-order valence-corrected chi connectivity index (χ0v) is 9.24. The molecule has 0 radical (unpaired) electrons. The SMILES string of the molecule is C#CC(=O)N(C(=O)OC(C)(C)C)C1CC1. The number of ether oxygens (including phenoxy) is 1. The Bertz CT molecular complexity index is 318. The maximum atomic E-state index is 11.6. The third kappa shape index (κ3) is 3.28. The van der Waals surface area contributed by atoms with Crippen LogP contribution in [0.3, 0.4) is 0 Å². The van der Waals surface area contributed by atoms with Crippen LogP contribution in [0.4, 0.5) is 4.79 Å². The Morgan fingerprint density at radius 3 is 2.27 bits per heavy atom. The summed E-state index contributed by atoms with van der Waals surface area (Å²) >= 11 is 0. The van der Waals surface area contributed by atoms with Crippen LogP contribution in [0.1, 0.15) is 33.6 Å². The Kier molecular flexibility index (Phi) is 3.04. The Balaban J connectivity index is 2.69. The van der Waals surface area contributed by atoms with Crippen LogP contribution < -0.4 is 0 Å². The molecule has 1 aliphatic rings. The van der Waals surface area contributed by atoms with E-state index in [1.165, 1.54) is 0 Å². The van der Waals surface area contributed by atoms with Gasteiger partial charge in [0, 0.05) is 6.04 Å². The minimum atomic E-state index is -0.645. The molecule has 15 heavy (non-hydrogen) atoms. The predicted molar refractivity (Wildman–Crippen MR) is 54.9 cm³/mol. The van der Waals surface area contributed by atoms with Gasteiger partial charge in [0.25, 0.3) is 0 Å². The van der Waals surface area contributed by atoms with Gasteiger partial charge < -0.3 is 4.74 Å². The minimum Gasteiger partial charge on any atom is -0.443 e. The second kappa shape index (κ2) is 3.93. The average molecular weight is 209 g/mol. The third-order valence-electron chi connectivity index (χ3n) is 1.84. The highest BCUT2D eigenvalue weighted by molar-refractivity contribution is 6.02. The molecule has 0 N–H and O–H groups in total. The van der Waals surface area contributed by atoms with Crippen molar-refractivity contribution >= 4 is 12.0 Å². The van der Waals surface area contributed by atoms with Gasteiger partial charge in [-0.1, -0.05) is 0 Å². The van der Waals surface area contributed by atoms with Gasteiger partial charge in [-0.25, -0.2) is 9.69 Å². The average Bonchev–Trinajstić information content (AvgIpc) is 2.85. The summed E-state index contributed by atoms with van der Waals surface area (Å²) < 4.78 is 5.09. The van der Waals surface area contributed by atoms with Crippen molar-refractivity contribution in [2.24, 2.45) is 0 Å². The first kappa shape index (κ1) is 11.6. The maximum absolute atomic E-state index is 11.6. The number of nitrogens with zero attached hydrogens (tertiary/aromatic N) is 1. The number of rotatable bonds is 1. The lowest BCUT2D eigenvalue weighted by Gasteiger charge is -2.24. The van der Waals surface area contributed by atoms with E-state index in [4.69, 9.17) is 11.2 Å². The van der Waals surface area contributed by atoms with Gasteiger partial charge in [-0.15, -0.1) is 6.42 Å². The van der Waals surface area contributed by atoms with Crippen LogP contribution in [0.2, 0.25) is 0 Å². The van der Waals surface area contributed by atoms with Gasteiger partial charge in [0.05, 0.1) is 0 Å². The molecule has 0 bridgehead atoms. The van der Waals surface area contributed by atoms with Crippen LogP contribution in [0, 0.1) is 12.3 Å². The molecule has 4 heteroatoms. The fraction of sp³-hybridized carbons (Fsp3) is 0.636. The van der Waals surface area contributed by atoms with Crippen LogP contribution in [0.15, 0.2) is 0 Å². The second-order valence-electron chi connectivity index (χ2n) is 4.53. The van der Waals surface area contributed by atoms with Gasteiger partial charge in [-0.05, 0) is 39.5 Å². The van der Waals surface area contributed by atoms with Crippen molar-refractivity contribution in [3.05, 3.63) is 0 Å². The molecular formula is C11H15NO3. The quantitative estimate of drug-likeness (QED) is 0.615. The number of hydrogen-bond donors (Lipinski definition) is 0. The summed E-state index contributed by atoms with van der Waals surface area (Å²) in [6, 6.07) is -0.0663. The summed E-state index contributed by atoms with van der Waals surface area (Å²) in [5.74, 6) is 1.32. The van der Waals surface area contributed by atoms with E-state index in [9.17, 15) is 9.59 Å². The first-order chi connectivity index (χ1) is 6.85. The van der Waals surface area contributed by atoms with E-state index in [2.05, 4.69) is 0 Å². The molecule has 0 unspecified atom stereocenters. The fourth-order valence-corrected chi connectivity index (χ4v) is 1.11. The molecule has 0 aromatic heterocycles. The summed E-state index contributed by atoms with van der Waals surface area (Å²) in [7, 11) is 0. The second-order valence-corrected chi connectivity index (χ2v) is 4.53. The number of amides is 2. The van der Waals surface area contributed by atoms with Crippen LogP contribution >= 0.6 is 0 Å². The summed E-state index contributed by atoms with van der Waals surface area (Å²) in [5.41, 5.74) is -0.612. The van der Waals surface area contributed by atoms with Crippen molar-refractivity contribution in [2.45, 2.75) is 45.3 Å². The van der Waals surface area contributed by atoms with Crippen LogP contribution in [-0.4, -0.2) is 28.5 Å². The number of carbonyl (C=O) groups excluding carboxylic acids is 2. The number of terminal acetylenes is 1. The molecule has 1 saturated carbocycles. The Labute approximate surface area is 89.6 Å². The number of imide groups is 1. The highest BCUT2D eigenvalue weighted by atomic mass is 16.6. The first-order valence-electron chi connectivity index (χ1n) is 4.88. The highest BCUT2D eigenvalue weighted by Gasteiger charge is 2.38. The van der Waals surface area contributed by atoms with Gasteiger partial charge >= 0.3 is 12.0 Å². The van der Waals surface area contributed by atoms with E-state index in [1.807, 2.05) is 5.92 Å². The van der Waals surface area contributed by atoms with Crippen molar-refractivity contribution in [3.8, 4) is 12.3 Å². The Morgan fingerprint density at radius 1 is 1.40 bits per heavy atom. The molecular weight excluding hydrogens is 194 g/mol. The van der Waals surface area contributed by atoms with Crippen LogP contribution in [0.25, 0.3) is 0 Å². The molecule has 4 nitrogen and oxygen atoms in total. The third-order valence-corrected chi connectivity index (χ3v) is 1.84. The summed E-state index contributed by atoms with van der Waals surface area (Å²) in [4.78, 5) is 24.0.